The lowest BCUT2D eigenvalue weighted by Crippen LogP contribution is -2.26. The van der Waals surface area contributed by atoms with Crippen LogP contribution in [-0.2, 0) is 9.59 Å². The van der Waals surface area contributed by atoms with Gasteiger partial charge in [-0.3, -0.25) is 9.59 Å². The topological polar surface area (TPSA) is 57.6 Å². The quantitative estimate of drug-likeness (QED) is 0.844. The molecule has 1 aromatic rings. The first-order valence-electron chi connectivity index (χ1n) is 5.55. The Bertz CT molecular complexity index is 452. The van der Waals surface area contributed by atoms with Crippen molar-refractivity contribution < 1.29 is 14.7 Å². The zero-order valence-electron chi connectivity index (χ0n) is 9.88. The molecule has 1 N–H and O–H groups in total. The van der Waals surface area contributed by atoms with Crippen molar-refractivity contribution >= 4 is 11.9 Å². The molecule has 90 valence electrons. The van der Waals surface area contributed by atoms with E-state index in [1.165, 1.54) is 4.90 Å². The molecule has 0 aliphatic carbocycles. The summed E-state index contributed by atoms with van der Waals surface area (Å²) in [7, 11) is 1.66. The number of nitrogens with zero attached hydrogens (tertiary/aromatic N) is 1. The number of carboxylic acids is 1. The summed E-state index contributed by atoms with van der Waals surface area (Å²) in [4.78, 5) is 24.3. The van der Waals surface area contributed by atoms with Gasteiger partial charge >= 0.3 is 5.97 Å². The Morgan fingerprint density at radius 1 is 1.35 bits per heavy atom. The number of likely N-dealkylation sites (tertiary alicyclic amines) is 1. The lowest BCUT2D eigenvalue weighted by atomic mass is 9.93. The number of aryl methyl sites for hydroxylation is 1. The van der Waals surface area contributed by atoms with E-state index >= 15 is 0 Å². The van der Waals surface area contributed by atoms with E-state index in [0.717, 1.165) is 11.1 Å². The molecule has 1 aliphatic rings. The molecule has 1 aromatic carbocycles. The van der Waals surface area contributed by atoms with Crippen molar-refractivity contribution in [3.63, 3.8) is 0 Å². The second-order valence-electron chi connectivity index (χ2n) is 4.51. The average Bonchev–Trinajstić information content (AvgIpc) is 2.57. The summed E-state index contributed by atoms with van der Waals surface area (Å²) >= 11 is 0. The van der Waals surface area contributed by atoms with Gasteiger partial charge in [-0.15, -0.1) is 0 Å². The van der Waals surface area contributed by atoms with Gasteiger partial charge in [0.25, 0.3) is 0 Å². The van der Waals surface area contributed by atoms with Crippen LogP contribution in [0.2, 0.25) is 0 Å². The van der Waals surface area contributed by atoms with Gasteiger partial charge in [0.15, 0.2) is 0 Å². The molecule has 1 heterocycles. The number of carboxylic acid groups (broad SMARTS) is 1. The molecule has 1 aliphatic heterocycles. The van der Waals surface area contributed by atoms with Gasteiger partial charge in [0.2, 0.25) is 5.91 Å². The monoisotopic (exact) mass is 233 g/mol. The third-order valence-corrected chi connectivity index (χ3v) is 3.32. The van der Waals surface area contributed by atoms with Crippen LogP contribution >= 0.6 is 0 Å². The van der Waals surface area contributed by atoms with E-state index in [1.807, 2.05) is 31.2 Å². The van der Waals surface area contributed by atoms with Gasteiger partial charge in [-0.1, -0.05) is 29.8 Å². The molecule has 2 rings (SSSR count). The van der Waals surface area contributed by atoms with Crippen molar-refractivity contribution in [3.8, 4) is 0 Å². The maximum Gasteiger partial charge on any atom is 0.309 e. The molecule has 4 heteroatoms. The van der Waals surface area contributed by atoms with Crippen LogP contribution in [-0.4, -0.2) is 28.9 Å². The highest BCUT2D eigenvalue weighted by Crippen LogP contribution is 2.36. The van der Waals surface area contributed by atoms with E-state index in [2.05, 4.69) is 0 Å². The average molecular weight is 233 g/mol. The van der Waals surface area contributed by atoms with Gasteiger partial charge in [0.1, 0.15) is 0 Å². The van der Waals surface area contributed by atoms with Crippen LogP contribution in [0.25, 0.3) is 0 Å². The minimum atomic E-state index is -0.909. The van der Waals surface area contributed by atoms with Crippen molar-refractivity contribution in [1.82, 2.24) is 4.90 Å². The molecule has 0 saturated carbocycles. The number of rotatable bonds is 2. The molecule has 2 atom stereocenters. The van der Waals surface area contributed by atoms with Gasteiger partial charge < -0.3 is 10.0 Å². The lowest BCUT2D eigenvalue weighted by Gasteiger charge is -2.23. The fourth-order valence-electron chi connectivity index (χ4n) is 2.31. The summed E-state index contributed by atoms with van der Waals surface area (Å²) in [5, 5.41) is 9.16. The van der Waals surface area contributed by atoms with E-state index in [0.29, 0.717) is 0 Å². The fraction of sp³-hybridized carbons (Fsp3) is 0.385. The molecule has 0 unspecified atom stereocenters. The van der Waals surface area contributed by atoms with Crippen LogP contribution < -0.4 is 0 Å². The standard InChI is InChI=1S/C13H15NO3/c1-8-3-5-9(6-4-8)12-10(13(16)17)7-11(15)14(12)2/h3-6,10,12H,7H2,1-2H3,(H,16,17)/t10-,12-/m1/s1. The number of carbonyl (C=O) groups is 2. The largest absolute Gasteiger partial charge is 0.481 e. The Kier molecular flexibility index (Phi) is 2.88. The molecular weight excluding hydrogens is 218 g/mol. The number of carbonyl (C=O) groups excluding carboxylic acids is 1. The molecule has 1 fully saturated rings. The van der Waals surface area contributed by atoms with Gasteiger partial charge in [0.05, 0.1) is 12.0 Å². The molecule has 1 saturated heterocycles. The lowest BCUT2D eigenvalue weighted by molar-refractivity contribution is -0.142. The minimum Gasteiger partial charge on any atom is -0.481 e. The zero-order chi connectivity index (χ0) is 12.6. The SMILES string of the molecule is Cc1ccc([C@@H]2[C@H](C(=O)O)CC(=O)N2C)cc1. The van der Waals surface area contributed by atoms with Crippen molar-refractivity contribution in [3.05, 3.63) is 35.4 Å². The number of aliphatic carboxylic acids is 1. The maximum atomic E-state index is 11.6. The summed E-state index contributed by atoms with van der Waals surface area (Å²) in [6.45, 7) is 1.97. The van der Waals surface area contributed by atoms with Crippen LogP contribution in [0.5, 0.6) is 0 Å². The first-order chi connectivity index (χ1) is 8.00. The third-order valence-electron chi connectivity index (χ3n) is 3.32. The Morgan fingerprint density at radius 2 is 1.94 bits per heavy atom. The van der Waals surface area contributed by atoms with Crippen molar-refractivity contribution in [2.75, 3.05) is 7.05 Å². The number of hydrogen-bond donors (Lipinski definition) is 1. The summed E-state index contributed by atoms with van der Waals surface area (Å²) in [5.41, 5.74) is 2.00. The normalized spacial score (nSPS) is 24.1. The number of amides is 1. The maximum absolute atomic E-state index is 11.6. The molecule has 0 bridgehead atoms. The van der Waals surface area contributed by atoms with E-state index in [-0.39, 0.29) is 18.4 Å². The highest BCUT2D eigenvalue weighted by Gasteiger charge is 2.42. The minimum absolute atomic E-state index is 0.0877. The van der Waals surface area contributed by atoms with Crippen LogP contribution in [0, 0.1) is 12.8 Å². The second kappa shape index (κ2) is 4.20. The van der Waals surface area contributed by atoms with Gasteiger partial charge in [0, 0.05) is 13.5 Å². The Hall–Kier alpha value is -1.84. The molecule has 4 nitrogen and oxygen atoms in total. The van der Waals surface area contributed by atoms with Crippen molar-refractivity contribution in [2.45, 2.75) is 19.4 Å². The van der Waals surface area contributed by atoms with Crippen molar-refractivity contribution in [2.24, 2.45) is 5.92 Å². The summed E-state index contributed by atoms with van der Waals surface area (Å²) in [6.07, 6.45) is 0.0877. The first-order valence-corrected chi connectivity index (χ1v) is 5.55. The highest BCUT2D eigenvalue weighted by atomic mass is 16.4. The van der Waals surface area contributed by atoms with Gasteiger partial charge in [-0.2, -0.15) is 0 Å². The predicted octanol–water partition coefficient (Wildman–Crippen LogP) is 1.60. The predicted molar refractivity (Wildman–Crippen MR) is 62.4 cm³/mol. The summed E-state index contributed by atoms with van der Waals surface area (Å²) < 4.78 is 0. The molecule has 0 spiro atoms. The molecule has 0 aromatic heterocycles. The Labute approximate surface area is 99.9 Å². The third kappa shape index (κ3) is 2.02. The van der Waals surface area contributed by atoms with Crippen LogP contribution in [0.3, 0.4) is 0 Å². The summed E-state index contributed by atoms with van der Waals surface area (Å²) in [6, 6.07) is 7.31. The second-order valence-corrected chi connectivity index (χ2v) is 4.51. The van der Waals surface area contributed by atoms with E-state index in [9.17, 15) is 9.59 Å². The van der Waals surface area contributed by atoms with E-state index in [4.69, 9.17) is 5.11 Å². The molecule has 17 heavy (non-hydrogen) atoms. The fourth-order valence-corrected chi connectivity index (χ4v) is 2.31. The number of benzene rings is 1. The Morgan fingerprint density at radius 3 is 2.47 bits per heavy atom. The van der Waals surface area contributed by atoms with Crippen LogP contribution in [0.1, 0.15) is 23.6 Å². The van der Waals surface area contributed by atoms with Gasteiger partial charge in [-0.25, -0.2) is 0 Å². The Balaban J connectivity index is 2.37. The first kappa shape index (κ1) is 11.6. The highest BCUT2D eigenvalue weighted by molar-refractivity contribution is 5.87. The van der Waals surface area contributed by atoms with E-state index in [1.54, 1.807) is 7.05 Å². The molecule has 0 radical (unpaired) electrons. The summed E-state index contributed by atoms with van der Waals surface area (Å²) in [5.74, 6) is -1.66. The van der Waals surface area contributed by atoms with Crippen molar-refractivity contribution in [1.29, 1.82) is 0 Å². The molecule has 1 amide bonds. The molecular formula is C13H15NO3. The number of hydrogen-bond acceptors (Lipinski definition) is 2. The smallest absolute Gasteiger partial charge is 0.309 e. The van der Waals surface area contributed by atoms with Gasteiger partial charge in [-0.05, 0) is 12.5 Å². The van der Waals surface area contributed by atoms with Crippen LogP contribution in [0.15, 0.2) is 24.3 Å². The van der Waals surface area contributed by atoms with Crippen LogP contribution in [0.4, 0.5) is 0 Å². The zero-order valence-corrected chi connectivity index (χ0v) is 9.88. The van der Waals surface area contributed by atoms with E-state index < -0.39 is 11.9 Å².